The molecule has 128 valence electrons. The molecule has 1 saturated heterocycles. The van der Waals surface area contributed by atoms with Crippen molar-refractivity contribution < 1.29 is 0 Å². The second-order valence-electron chi connectivity index (χ2n) is 5.91. The molecule has 3 N–H and O–H groups in total. The molecule has 2 aromatic rings. The number of halogens is 1. The van der Waals surface area contributed by atoms with Gasteiger partial charge < -0.3 is 16.0 Å². The zero-order valence-electron chi connectivity index (χ0n) is 13.9. The van der Waals surface area contributed by atoms with Crippen molar-refractivity contribution >= 4 is 41.4 Å². The topological polar surface area (TPSA) is 66.5 Å². The van der Waals surface area contributed by atoms with E-state index in [1.807, 2.05) is 30.5 Å². The molecule has 0 saturated carbocycles. The standard InChI is InChI=1S/C18H23N5.HI/c1-14-4-7-16(8-5-14)22-18(19)21-13-15-6-9-17(20-12-15)23-10-2-3-11-23;/h4-9,12H,2-3,10-11,13H2,1H3,(H3,19,21,22);1H. The molecule has 24 heavy (non-hydrogen) atoms. The Bertz CT molecular complexity index is 661. The number of rotatable bonds is 4. The van der Waals surface area contributed by atoms with Gasteiger partial charge in [-0.05, 0) is 43.5 Å². The number of pyridine rings is 1. The number of nitrogens with two attached hydrogens (primary N) is 1. The van der Waals surface area contributed by atoms with Gasteiger partial charge >= 0.3 is 0 Å². The lowest BCUT2D eigenvalue weighted by atomic mass is 10.2. The molecule has 0 unspecified atom stereocenters. The minimum absolute atomic E-state index is 0. The minimum Gasteiger partial charge on any atom is -0.370 e. The van der Waals surface area contributed by atoms with Crippen LogP contribution in [0.2, 0.25) is 0 Å². The molecule has 0 radical (unpaired) electrons. The summed E-state index contributed by atoms with van der Waals surface area (Å²) in [7, 11) is 0. The van der Waals surface area contributed by atoms with E-state index in [0.717, 1.165) is 30.2 Å². The Morgan fingerprint density at radius 3 is 2.50 bits per heavy atom. The van der Waals surface area contributed by atoms with E-state index in [1.54, 1.807) is 0 Å². The number of guanidine groups is 1. The van der Waals surface area contributed by atoms with E-state index in [4.69, 9.17) is 5.73 Å². The van der Waals surface area contributed by atoms with Crippen LogP contribution >= 0.6 is 24.0 Å². The Kier molecular flexibility index (Phi) is 6.84. The number of hydrogen-bond donors (Lipinski definition) is 2. The number of hydrogen-bond acceptors (Lipinski definition) is 3. The molecule has 0 bridgehead atoms. The first-order valence-electron chi connectivity index (χ1n) is 8.04. The zero-order chi connectivity index (χ0) is 16.1. The SMILES string of the molecule is Cc1ccc(NC(N)=NCc2ccc(N3CCCC3)nc2)cc1.I. The van der Waals surface area contributed by atoms with Gasteiger partial charge in [-0.15, -0.1) is 24.0 Å². The van der Waals surface area contributed by atoms with Crippen LogP contribution in [0.1, 0.15) is 24.0 Å². The zero-order valence-corrected chi connectivity index (χ0v) is 16.2. The van der Waals surface area contributed by atoms with Crippen molar-refractivity contribution in [3.05, 3.63) is 53.7 Å². The van der Waals surface area contributed by atoms with Gasteiger partial charge in [-0.3, -0.25) is 0 Å². The van der Waals surface area contributed by atoms with Gasteiger partial charge in [-0.1, -0.05) is 23.8 Å². The molecule has 1 aliphatic heterocycles. The number of nitrogens with zero attached hydrogens (tertiary/aromatic N) is 3. The third-order valence-electron chi connectivity index (χ3n) is 4.00. The van der Waals surface area contributed by atoms with Crippen LogP contribution in [-0.2, 0) is 6.54 Å². The number of aromatic nitrogens is 1. The lowest BCUT2D eigenvalue weighted by Gasteiger charge is -2.16. The van der Waals surface area contributed by atoms with Crippen molar-refractivity contribution in [1.82, 2.24) is 4.98 Å². The molecule has 1 aromatic carbocycles. The van der Waals surface area contributed by atoms with Crippen LogP contribution in [0.15, 0.2) is 47.6 Å². The summed E-state index contributed by atoms with van der Waals surface area (Å²) in [4.78, 5) is 11.2. The van der Waals surface area contributed by atoms with Crippen molar-refractivity contribution in [2.75, 3.05) is 23.3 Å². The second-order valence-corrected chi connectivity index (χ2v) is 5.91. The maximum Gasteiger partial charge on any atom is 0.193 e. The predicted molar refractivity (Wildman–Crippen MR) is 111 cm³/mol. The van der Waals surface area contributed by atoms with Crippen molar-refractivity contribution in [2.24, 2.45) is 10.7 Å². The average molecular weight is 437 g/mol. The fraction of sp³-hybridized carbons (Fsp3) is 0.333. The molecule has 2 heterocycles. The van der Waals surface area contributed by atoms with Crippen molar-refractivity contribution in [2.45, 2.75) is 26.3 Å². The maximum absolute atomic E-state index is 5.93. The highest BCUT2D eigenvalue weighted by Gasteiger charge is 2.12. The Morgan fingerprint density at radius 2 is 1.88 bits per heavy atom. The van der Waals surface area contributed by atoms with E-state index < -0.39 is 0 Å². The summed E-state index contributed by atoms with van der Waals surface area (Å²) in [6, 6.07) is 12.2. The highest BCUT2D eigenvalue weighted by atomic mass is 127. The predicted octanol–water partition coefficient (Wildman–Crippen LogP) is 3.54. The van der Waals surface area contributed by atoms with Crippen LogP contribution in [0.25, 0.3) is 0 Å². The van der Waals surface area contributed by atoms with Gasteiger partial charge in [-0.2, -0.15) is 0 Å². The summed E-state index contributed by atoms with van der Waals surface area (Å²) in [5.74, 6) is 1.47. The molecular formula is C18H24IN5. The lowest BCUT2D eigenvalue weighted by molar-refractivity contribution is 0.929. The van der Waals surface area contributed by atoms with E-state index in [0.29, 0.717) is 12.5 Å². The van der Waals surface area contributed by atoms with Crippen LogP contribution in [-0.4, -0.2) is 24.0 Å². The molecule has 5 nitrogen and oxygen atoms in total. The molecule has 0 aliphatic carbocycles. The molecule has 0 amide bonds. The summed E-state index contributed by atoms with van der Waals surface area (Å²) < 4.78 is 0. The first-order valence-corrected chi connectivity index (χ1v) is 8.04. The number of anilines is 2. The fourth-order valence-electron chi connectivity index (χ4n) is 2.64. The van der Waals surface area contributed by atoms with Crippen molar-refractivity contribution in [1.29, 1.82) is 0 Å². The number of nitrogens with one attached hydrogen (secondary N) is 1. The molecule has 0 spiro atoms. The number of benzene rings is 1. The van der Waals surface area contributed by atoms with Crippen LogP contribution in [0.3, 0.4) is 0 Å². The first kappa shape index (κ1) is 18.5. The van der Waals surface area contributed by atoms with Gasteiger partial charge in [-0.25, -0.2) is 9.98 Å². The normalized spacial score (nSPS) is 14.4. The summed E-state index contributed by atoms with van der Waals surface area (Å²) >= 11 is 0. The monoisotopic (exact) mass is 437 g/mol. The third kappa shape index (κ3) is 5.09. The summed E-state index contributed by atoms with van der Waals surface area (Å²) in [6.45, 7) is 4.80. The number of aryl methyl sites for hydroxylation is 1. The summed E-state index contributed by atoms with van der Waals surface area (Å²) in [5, 5.41) is 3.09. The van der Waals surface area contributed by atoms with E-state index in [1.165, 1.54) is 18.4 Å². The van der Waals surface area contributed by atoms with E-state index in [-0.39, 0.29) is 24.0 Å². The molecular weight excluding hydrogens is 413 g/mol. The molecule has 1 aliphatic rings. The van der Waals surface area contributed by atoms with Gasteiger partial charge in [0.2, 0.25) is 0 Å². The van der Waals surface area contributed by atoms with Crippen molar-refractivity contribution in [3.63, 3.8) is 0 Å². The first-order chi connectivity index (χ1) is 11.2. The van der Waals surface area contributed by atoms with Crippen LogP contribution in [0.4, 0.5) is 11.5 Å². The summed E-state index contributed by atoms with van der Waals surface area (Å²) in [5.41, 5.74) is 9.15. The van der Waals surface area contributed by atoms with Gasteiger partial charge in [0.05, 0.1) is 6.54 Å². The molecule has 1 aromatic heterocycles. The van der Waals surface area contributed by atoms with E-state index in [9.17, 15) is 0 Å². The largest absolute Gasteiger partial charge is 0.370 e. The maximum atomic E-state index is 5.93. The molecule has 1 fully saturated rings. The highest BCUT2D eigenvalue weighted by molar-refractivity contribution is 14.0. The summed E-state index contributed by atoms with van der Waals surface area (Å²) in [6.07, 6.45) is 4.40. The Labute approximate surface area is 160 Å². The average Bonchev–Trinajstić information content (AvgIpc) is 3.10. The quantitative estimate of drug-likeness (QED) is 0.437. The third-order valence-corrected chi connectivity index (χ3v) is 4.00. The van der Waals surface area contributed by atoms with Gasteiger partial charge in [0.25, 0.3) is 0 Å². The number of aliphatic imine (C=N–C) groups is 1. The Morgan fingerprint density at radius 1 is 1.17 bits per heavy atom. The lowest BCUT2D eigenvalue weighted by Crippen LogP contribution is -2.22. The van der Waals surface area contributed by atoms with Gasteiger partial charge in [0.15, 0.2) is 5.96 Å². The van der Waals surface area contributed by atoms with Crippen LogP contribution in [0, 0.1) is 6.92 Å². The molecule has 3 rings (SSSR count). The Hall–Kier alpha value is -1.83. The van der Waals surface area contributed by atoms with Gasteiger partial charge in [0.1, 0.15) is 5.82 Å². The van der Waals surface area contributed by atoms with Crippen molar-refractivity contribution in [3.8, 4) is 0 Å². The molecule has 6 heteroatoms. The van der Waals surface area contributed by atoms with E-state index >= 15 is 0 Å². The fourth-order valence-corrected chi connectivity index (χ4v) is 2.64. The smallest absolute Gasteiger partial charge is 0.193 e. The molecule has 0 atom stereocenters. The van der Waals surface area contributed by atoms with E-state index in [2.05, 4.69) is 39.2 Å². The Balaban J connectivity index is 0.00000208. The van der Waals surface area contributed by atoms with Crippen LogP contribution < -0.4 is 16.0 Å². The van der Waals surface area contributed by atoms with Crippen LogP contribution in [0.5, 0.6) is 0 Å². The minimum atomic E-state index is 0. The van der Waals surface area contributed by atoms with Gasteiger partial charge in [0, 0.05) is 25.0 Å². The second kappa shape index (κ2) is 8.86. The highest BCUT2D eigenvalue weighted by Crippen LogP contribution is 2.17.